The molecule has 1 radical (unpaired) electrons. The molecule has 2 aromatic rings. The maximum atomic E-state index is 11.0. The quantitative estimate of drug-likeness (QED) is 0.746. The summed E-state index contributed by atoms with van der Waals surface area (Å²) in [6, 6.07) is 6.76. The minimum atomic E-state index is -0.143. The molecule has 1 aromatic carbocycles. The third-order valence-electron chi connectivity index (χ3n) is 1.90. The molecule has 0 aliphatic heterocycles. The number of benzene rings is 1. The molecule has 0 atom stereocenters. The molecule has 1 heterocycles. The molecule has 0 fully saturated rings. The molecule has 2 rings (SSSR count). The lowest BCUT2D eigenvalue weighted by atomic mass is 10.2. The molecule has 0 bridgehead atoms. The van der Waals surface area contributed by atoms with Crippen molar-refractivity contribution in [2.24, 2.45) is 0 Å². The van der Waals surface area contributed by atoms with Crippen molar-refractivity contribution in [3.8, 4) is 5.75 Å². The molecular formula is C10H8ClN2O. The average Bonchev–Trinajstić information content (AvgIpc) is 2.64. The van der Waals surface area contributed by atoms with Gasteiger partial charge in [0.05, 0.1) is 11.6 Å². The van der Waals surface area contributed by atoms with Crippen LogP contribution in [-0.4, -0.2) is 9.78 Å². The van der Waals surface area contributed by atoms with E-state index in [1.165, 1.54) is 6.07 Å². The average molecular weight is 208 g/mol. The Balaban J connectivity index is 2.22. The Kier molecular flexibility index (Phi) is 2.41. The molecule has 0 unspecified atom stereocenters. The van der Waals surface area contributed by atoms with E-state index in [9.17, 15) is 5.11 Å². The van der Waals surface area contributed by atoms with E-state index in [2.05, 4.69) is 5.10 Å². The summed E-state index contributed by atoms with van der Waals surface area (Å²) in [6.07, 6.45) is 3.57. The number of aromatic nitrogens is 2. The van der Waals surface area contributed by atoms with Gasteiger partial charge in [0.2, 0.25) is 0 Å². The largest absolute Gasteiger partial charge is 0.288 e. The van der Waals surface area contributed by atoms with Crippen LogP contribution in [0.1, 0.15) is 5.56 Å². The number of nitrogens with zero attached hydrogens (tertiary/aromatic N) is 2. The summed E-state index contributed by atoms with van der Waals surface area (Å²) in [5, 5.41) is 15.3. The van der Waals surface area contributed by atoms with Gasteiger partial charge in [-0.3, -0.25) is 9.79 Å². The van der Waals surface area contributed by atoms with Gasteiger partial charge in [0.15, 0.2) is 5.75 Å². The highest BCUT2D eigenvalue weighted by Gasteiger charge is 2.02. The van der Waals surface area contributed by atoms with E-state index in [1.54, 1.807) is 23.0 Å². The second-order valence-electron chi connectivity index (χ2n) is 2.97. The fourth-order valence-electron chi connectivity index (χ4n) is 1.22. The van der Waals surface area contributed by atoms with Crippen molar-refractivity contribution in [3.63, 3.8) is 0 Å². The van der Waals surface area contributed by atoms with Crippen molar-refractivity contribution in [1.29, 1.82) is 0 Å². The van der Waals surface area contributed by atoms with Gasteiger partial charge in [0.1, 0.15) is 0 Å². The molecule has 0 aliphatic rings. The maximum Gasteiger partial charge on any atom is 0.197 e. The lowest BCUT2D eigenvalue weighted by molar-refractivity contribution is 0.355. The molecule has 3 nitrogen and oxygen atoms in total. The standard InChI is InChI=1S/C10H8ClN2O/c11-9-6-8(2-3-10(9)14)7-13-5-1-4-12-13/h1-6H,7H2. The van der Waals surface area contributed by atoms with Gasteiger partial charge in [-0.25, -0.2) is 0 Å². The van der Waals surface area contributed by atoms with E-state index in [4.69, 9.17) is 11.6 Å². The van der Waals surface area contributed by atoms with E-state index in [0.717, 1.165) is 5.56 Å². The Morgan fingerprint density at radius 1 is 1.43 bits per heavy atom. The predicted molar refractivity (Wildman–Crippen MR) is 52.9 cm³/mol. The normalized spacial score (nSPS) is 10.4. The second-order valence-corrected chi connectivity index (χ2v) is 3.38. The summed E-state index contributed by atoms with van der Waals surface area (Å²) in [7, 11) is 0. The zero-order chi connectivity index (χ0) is 9.97. The Morgan fingerprint density at radius 3 is 2.93 bits per heavy atom. The zero-order valence-corrected chi connectivity index (χ0v) is 8.11. The van der Waals surface area contributed by atoms with Gasteiger partial charge in [0.25, 0.3) is 0 Å². The second kappa shape index (κ2) is 3.72. The lowest BCUT2D eigenvalue weighted by Crippen LogP contribution is -1.99. The molecule has 0 saturated heterocycles. The number of halogens is 1. The van der Waals surface area contributed by atoms with Gasteiger partial charge < -0.3 is 0 Å². The maximum absolute atomic E-state index is 11.0. The van der Waals surface area contributed by atoms with Crippen LogP contribution < -0.4 is 0 Å². The van der Waals surface area contributed by atoms with Gasteiger partial charge in [0, 0.05) is 12.4 Å². The van der Waals surface area contributed by atoms with Crippen LogP contribution in [0.25, 0.3) is 0 Å². The molecular weight excluding hydrogens is 200 g/mol. The third kappa shape index (κ3) is 1.88. The number of hydrogen-bond donors (Lipinski definition) is 0. The molecule has 4 heteroatoms. The van der Waals surface area contributed by atoms with E-state index >= 15 is 0 Å². The SMILES string of the molecule is [O]c1ccc(Cn2cccn2)cc1Cl. The molecule has 71 valence electrons. The van der Waals surface area contributed by atoms with Crippen LogP contribution in [-0.2, 0) is 11.7 Å². The summed E-state index contributed by atoms with van der Waals surface area (Å²) < 4.78 is 1.77. The smallest absolute Gasteiger partial charge is 0.197 e. The highest BCUT2D eigenvalue weighted by molar-refractivity contribution is 6.32. The molecule has 0 aliphatic carbocycles. The molecule has 0 spiro atoms. The zero-order valence-electron chi connectivity index (χ0n) is 7.35. The number of rotatable bonds is 2. The highest BCUT2D eigenvalue weighted by atomic mass is 35.5. The van der Waals surface area contributed by atoms with Crippen LogP contribution in [0.15, 0.2) is 36.7 Å². The minimum absolute atomic E-state index is 0.143. The molecule has 14 heavy (non-hydrogen) atoms. The summed E-state index contributed by atoms with van der Waals surface area (Å²) >= 11 is 5.71. The van der Waals surface area contributed by atoms with Crippen molar-refractivity contribution >= 4 is 11.6 Å². The van der Waals surface area contributed by atoms with E-state index in [1.807, 2.05) is 12.3 Å². The van der Waals surface area contributed by atoms with Crippen molar-refractivity contribution in [1.82, 2.24) is 9.78 Å². The summed E-state index contributed by atoms with van der Waals surface area (Å²) in [4.78, 5) is 0. The summed E-state index contributed by atoms with van der Waals surface area (Å²) in [5.74, 6) is -0.143. The van der Waals surface area contributed by atoms with Crippen molar-refractivity contribution in [3.05, 3.63) is 47.2 Å². The fraction of sp³-hybridized carbons (Fsp3) is 0.100. The fourth-order valence-corrected chi connectivity index (χ4v) is 1.43. The van der Waals surface area contributed by atoms with Crippen LogP contribution in [0, 0.1) is 0 Å². The Morgan fingerprint density at radius 2 is 2.29 bits per heavy atom. The van der Waals surface area contributed by atoms with Gasteiger partial charge in [-0.05, 0) is 23.8 Å². The predicted octanol–water partition coefficient (Wildman–Crippen LogP) is 2.73. The first-order valence-electron chi connectivity index (χ1n) is 4.18. The van der Waals surface area contributed by atoms with E-state index < -0.39 is 0 Å². The molecule has 0 amide bonds. The topological polar surface area (TPSA) is 37.7 Å². The van der Waals surface area contributed by atoms with Gasteiger partial charge in [-0.1, -0.05) is 17.7 Å². The summed E-state index contributed by atoms with van der Waals surface area (Å²) in [6.45, 7) is 0.632. The van der Waals surface area contributed by atoms with Crippen LogP contribution in [0.2, 0.25) is 5.02 Å². The first-order chi connectivity index (χ1) is 6.75. The minimum Gasteiger partial charge on any atom is -0.288 e. The Hall–Kier alpha value is -1.48. The van der Waals surface area contributed by atoms with Crippen LogP contribution >= 0.6 is 11.6 Å². The lowest BCUT2D eigenvalue weighted by Gasteiger charge is -2.02. The van der Waals surface area contributed by atoms with Crippen LogP contribution in [0.4, 0.5) is 0 Å². The first kappa shape index (κ1) is 9.09. The van der Waals surface area contributed by atoms with E-state index in [0.29, 0.717) is 6.54 Å². The van der Waals surface area contributed by atoms with Crippen molar-refractivity contribution < 1.29 is 5.11 Å². The van der Waals surface area contributed by atoms with Gasteiger partial charge in [-0.15, -0.1) is 0 Å². The monoisotopic (exact) mass is 207 g/mol. The van der Waals surface area contributed by atoms with Crippen molar-refractivity contribution in [2.45, 2.75) is 6.54 Å². The Labute approximate surface area is 86.6 Å². The first-order valence-corrected chi connectivity index (χ1v) is 4.56. The molecule has 1 aromatic heterocycles. The third-order valence-corrected chi connectivity index (χ3v) is 2.20. The summed E-state index contributed by atoms with van der Waals surface area (Å²) in [5.41, 5.74) is 0.971. The van der Waals surface area contributed by atoms with Crippen LogP contribution in [0.5, 0.6) is 5.75 Å². The van der Waals surface area contributed by atoms with Gasteiger partial charge >= 0.3 is 0 Å². The van der Waals surface area contributed by atoms with Crippen molar-refractivity contribution in [2.75, 3.05) is 0 Å². The molecule has 0 saturated carbocycles. The van der Waals surface area contributed by atoms with E-state index in [-0.39, 0.29) is 10.8 Å². The number of hydrogen-bond acceptors (Lipinski definition) is 1. The van der Waals surface area contributed by atoms with Gasteiger partial charge in [-0.2, -0.15) is 5.10 Å². The van der Waals surface area contributed by atoms with Crippen LogP contribution in [0.3, 0.4) is 0 Å². The highest BCUT2D eigenvalue weighted by Crippen LogP contribution is 2.24. The molecule has 0 N–H and O–H groups in total. The Bertz CT molecular complexity index is 426.